The number of aryl methyl sites for hydroxylation is 2. The molecule has 0 amide bonds. The topological polar surface area (TPSA) is 98.6 Å². The normalized spacial score (nSPS) is 8.04. The van der Waals surface area contributed by atoms with Crippen LogP contribution in [0.4, 0.5) is 10.1 Å². The molecule has 2 rings (SSSR count). The summed E-state index contributed by atoms with van der Waals surface area (Å²) in [6, 6.07) is 13.9. The fraction of sp³-hybridized carbons (Fsp3) is 0.381. The molecular formula is C21H39FN2O3. The van der Waals surface area contributed by atoms with E-state index in [1.165, 1.54) is 42.5 Å². The summed E-state index contributed by atoms with van der Waals surface area (Å²) >= 11 is 0. The molecule has 0 radical (unpaired) electrons. The van der Waals surface area contributed by atoms with Crippen molar-refractivity contribution in [3.8, 4) is 0 Å². The maximum atomic E-state index is 12.0. The Kier molecular flexibility index (Phi) is 23.5. The molecule has 0 saturated carbocycles. The number of ether oxygens (including phenoxy) is 1. The second kappa shape index (κ2) is 21.6. The molecule has 0 saturated heterocycles. The maximum absolute atomic E-state index is 12.0. The molecule has 0 atom stereocenters. The fourth-order valence-corrected chi connectivity index (χ4v) is 1.68. The highest BCUT2D eigenvalue weighted by molar-refractivity contribution is 5.69. The number of carbonyl (C=O) groups excluding carboxylic acids is 1. The SMILES string of the molecule is CC.CC.COC(=O)CCc1cccc(C)c1.NO.Nc1ccc(F)cc1.[HH].[HH]. The summed E-state index contributed by atoms with van der Waals surface area (Å²) in [5.74, 6) is 3.10. The summed E-state index contributed by atoms with van der Waals surface area (Å²) in [5.41, 5.74) is 8.26. The second-order valence-electron chi connectivity index (χ2n) is 4.62. The molecule has 0 heterocycles. The number of esters is 1. The number of hydrogen-bond acceptors (Lipinski definition) is 5. The average molecular weight is 387 g/mol. The van der Waals surface area contributed by atoms with Crippen molar-refractivity contribution in [2.45, 2.75) is 47.5 Å². The van der Waals surface area contributed by atoms with Crippen molar-refractivity contribution in [3.63, 3.8) is 0 Å². The number of halogens is 1. The van der Waals surface area contributed by atoms with Gasteiger partial charge in [-0.25, -0.2) is 10.3 Å². The van der Waals surface area contributed by atoms with E-state index in [2.05, 4.69) is 16.7 Å². The van der Waals surface area contributed by atoms with Gasteiger partial charge in [0, 0.05) is 15.0 Å². The first kappa shape index (κ1) is 29.3. The number of hydrogen-bond donors (Lipinski definition) is 3. The highest BCUT2D eigenvalue weighted by Gasteiger charge is 2.00. The molecular weight excluding hydrogens is 347 g/mol. The fourth-order valence-electron chi connectivity index (χ4n) is 1.68. The average Bonchev–Trinajstić information content (AvgIpc) is 2.73. The number of rotatable bonds is 3. The Labute approximate surface area is 166 Å². The summed E-state index contributed by atoms with van der Waals surface area (Å²) in [7, 11) is 1.42. The van der Waals surface area contributed by atoms with Crippen LogP contribution in [0.5, 0.6) is 0 Å². The smallest absolute Gasteiger partial charge is 0.305 e. The first-order chi connectivity index (χ1) is 13.0. The van der Waals surface area contributed by atoms with Crippen molar-refractivity contribution in [2.24, 2.45) is 5.90 Å². The van der Waals surface area contributed by atoms with Crippen LogP contribution in [0, 0.1) is 12.7 Å². The van der Waals surface area contributed by atoms with Crippen LogP contribution in [0.3, 0.4) is 0 Å². The zero-order valence-electron chi connectivity index (χ0n) is 17.3. The minimum absolute atomic E-state index is 0. The minimum atomic E-state index is -0.251. The molecule has 2 aromatic rings. The van der Waals surface area contributed by atoms with Crippen LogP contribution in [0.2, 0.25) is 0 Å². The highest BCUT2D eigenvalue weighted by atomic mass is 19.1. The molecule has 0 aromatic heterocycles. The Morgan fingerprint density at radius 1 is 1.07 bits per heavy atom. The van der Waals surface area contributed by atoms with Crippen molar-refractivity contribution in [2.75, 3.05) is 12.8 Å². The lowest BCUT2D eigenvalue weighted by molar-refractivity contribution is -0.140. The van der Waals surface area contributed by atoms with Crippen LogP contribution in [-0.2, 0) is 16.0 Å². The molecule has 5 nitrogen and oxygen atoms in total. The van der Waals surface area contributed by atoms with Gasteiger partial charge in [-0.05, 0) is 43.2 Å². The Bertz CT molecular complexity index is 565. The van der Waals surface area contributed by atoms with Gasteiger partial charge < -0.3 is 15.7 Å². The van der Waals surface area contributed by atoms with Crippen LogP contribution >= 0.6 is 0 Å². The van der Waals surface area contributed by atoms with Gasteiger partial charge in [-0.1, -0.05) is 57.5 Å². The Morgan fingerprint density at radius 3 is 2.00 bits per heavy atom. The third kappa shape index (κ3) is 18.2. The number of anilines is 1. The van der Waals surface area contributed by atoms with E-state index in [0.29, 0.717) is 12.1 Å². The molecule has 6 heteroatoms. The molecule has 5 N–H and O–H groups in total. The lowest BCUT2D eigenvalue weighted by Crippen LogP contribution is -2.01. The molecule has 158 valence electrons. The third-order valence-electron chi connectivity index (χ3n) is 2.80. The molecule has 0 spiro atoms. The first-order valence-electron chi connectivity index (χ1n) is 8.90. The van der Waals surface area contributed by atoms with E-state index in [4.69, 9.17) is 10.9 Å². The lowest BCUT2D eigenvalue weighted by Gasteiger charge is -2.01. The number of nitrogen functional groups attached to an aromatic ring is 1. The molecule has 0 fully saturated rings. The number of nitrogens with two attached hydrogens (primary N) is 2. The monoisotopic (exact) mass is 386 g/mol. The molecule has 0 bridgehead atoms. The van der Waals surface area contributed by atoms with Gasteiger partial charge in [0.15, 0.2) is 0 Å². The van der Waals surface area contributed by atoms with E-state index < -0.39 is 0 Å². The Hall–Kier alpha value is -2.44. The van der Waals surface area contributed by atoms with Crippen molar-refractivity contribution in [3.05, 3.63) is 65.5 Å². The summed E-state index contributed by atoms with van der Waals surface area (Å²) in [6.45, 7) is 10.0. The summed E-state index contributed by atoms with van der Waals surface area (Å²) in [5, 5.41) is 6.50. The van der Waals surface area contributed by atoms with E-state index in [-0.39, 0.29) is 14.6 Å². The zero-order valence-corrected chi connectivity index (χ0v) is 17.3. The molecule has 27 heavy (non-hydrogen) atoms. The predicted molar refractivity (Wildman–Crippen MR) is 115 cm³/mol. The zero-order chi connectivity index (χ0) is 21.7. The summed E-state index contributed by atoms with van der Waals surface area (Å²) in [6.07, 6.45) is 1.22. The Morgan fingerprint density at radius 2 is 1.59 bits per heavy atom. The van der Waals surface area contributed by atoms with Crippen molar-refractivity contribution in [1.29, 1.82) is 0 Å². The largest absolute Gasteiger partial charge is 0.469 e. The maximum Gasteiger partial charge on any atom is 0.305 e. The van der Waals surface area contributed by atoms with E-state index >= 15 is 0 Å². The Balaban J connectivity index is -0.000000104. The van der Waals surface area contributed by atoms with Gasteiger partial charge >= 0.3 is 5.97 Å². The molecule has 2 aromatic carbocycles. The summed E-state index contributed by atoms with van der Waals surface area (Å²) in [4.78, 5) is 10.8. The molecule has 0 aliphatic carbocycles. The van der Waals surface area contributed by atoms with Crippen molar-refractivity contribution >= 4 is 11.7 Å². The van der Waals surface area contributed by atoms with Gasteiger partial charge in [0.05, 0.1) is 7.11 Å². The van der Waals surface area contributed by atoms with Crippen LogP contribution in [0.1, 0.15) is 48.1 Å². The van der Waals surface area contributed by atoms with Gasteiger partial charge in [0.25, 0.3) is 0 Å². The van der Waals surface area contributed by atoms with Crippen molar-refractivity contribution < 1.29 is 22.0 Å². The third-order valence-corrected chi connectivity index (χ3v) is 2.80. The van der Waals surface area contributed by atoms with Crippen LogP contribution in [-0.4, -0.2) is 18.3 Å². The highest BCUT2D eigenvalue weighted by Crippen LogP contribution is 2.06. The predicted octanol–water partition coefficient (Wildman–Crippen LogP) is 5.39. The lowest BCUT2D eigenvalue weighted by atomic mass is 10.1. The summed E-state index contributed by atoms with van der Waals surface area (Å²) < 4.78 is 16.6. The quantitative estimate of drug-likeness (QED) is 0.373. The van der Waals surface area contributed by atoms with Gasteiger partial charge in [0.1, 0.15) is 5.82 Å². The van der Waals surface area contributed by atoms with E-state index in [1.807, 2.05) is 52.8 Å². The van der Waals surface area contributed by atoms with E-state index in [9.17, 15) is 9.18 Å². The van der Waals surface area contributed by atoms with Crippen LogP contribution in [0.15, 0.2) is 48.5 Å². The van der Waals surface area contributed by atoms with Gasteiger partial charge in [-0.15, -0.1) is 0 Å². The standard InChI is InChI=1S/C11H14O2.C6H6FN.2C2H6.H3NO.2H2/c1-9-4-3-5-10(8-9)6-7-11(12)13-2;7-5-1-3-6(8)4-2-5;3*1-2;;/h3-5,8H,6-7H2,1-2H3;1-4H,8H2;2*1-2H3;2H,1H2;2*1H. The van der Waals surface area contributed by atoms with E-state index in [1.54, 1.807) is 0 Å². The first-order valence-corrected chi connectivity index (χ1v) is 8.90. The number of carbonyl (C=O) groups is 1. The van der Waals surface area contributed by atoms with Crippen molar-refractivity contribution in [1.82, 2.24) is 0 Å². The second-order valence-corrected chi connectivity index (χ2v) is 4.62. The van der Waals surface area contributed by atoms with E-state index in [0.717, 1.165) is 6.42 Å². The number of methoxy groups -OCH3 is 1. The minimum Gasteiger partial charge on any atom is -0.469 e. The molecule has 0 aliphatic rings. The van der Waals surface area contributed by atoms with Gasteiger partial charge in [0.2, 0.25) is 0 Å². The molecule has 0 aliphatic heterocycles. The van der Waals surface area contributed by atoms with Gasteiger partial charge in [-0.3, -0.25) is 4.79 Å². The van der Waals surface area contributed by atoms with Gasteiger partial charge in [-0.2, -0.15) is 0 Å². The van der Waals surface area contributed by atoms with Crippen LogP contribution < -0.4 is 11.6 Å². The van der Waals surface area contributed by atoms with Crippen LogP contribution in [0.25, 0.3) is 0 Å². The number of benzene rings is 2. The molecule has 0 unspecified atom stereocenters.